The first-order chi connectivity index (χ1) is 11.6. The highest BCUT2D eigenvalue weighted by Gasteiger charge is 2.57. The Balaban J connectivity index is 1.82. The van der Waals surface area contributed by atoms with Crippen LogP contribution in [-0.2, 0) is 9.53 Å². The van der Waals surface area contributed by atoms with E-state index < -0.39 is 5.60 Å². The number of thiophene rings is 1. The van der Waals surface area contributed by atoms with E-state index in [1.807, 2.05) is 27.7 Å². The third kappa shape index (κ3) is 3.35. The van der Waals surface area contributed by atoms with Crippen molar-refractivity contribution < 1.29 is 24.2 Å². The quantitative estimate of drug-likeness (QED) is 0.657. The predicted octanol–water partition coefficient (Wildman–Crippen LogP) is 4.02. The van der Waals surface area contributed by atoms with Gasteiger partial charge in [0.2, 0.25) is 0 Å². The second-order valence-corrected chi connectivity index (χ2v) is 8.56. The normalized spacial score (nSPS) is 22.7. The molecule has 0 spiro atoms. The van der Waals surface area contributed by atoms with Crippen molar-refractivity contribution in [1.82, 2.24) is 0 Å². The summed E-state index contributed by atoms with van der Waals surface area (Å²) in [7, 11) is 1.48. The van der Waals surface area contributed by atoms with E-state index in [1.54, 1.807) is 18.2 Å². The molecule has 0 radical (unpaired) electrons. The molecule has 1 aromatic heterocycles. The van der Waals surface area contributed by atoms with E-state index in [2.05, 4.69) is 0 Å². The first kappa shape index (κ1) is 17.7. The monoisotopic (exact) mass is 362 g/mol. The van der Waals surface area contributed by atoms with Crippen LogP contribution in [0.5, 0.6) is 11.5 Å². The highest BCUT2D eigenvalue weighted by atomic mass is 32.1. The largest absolute Gasteiger partial charge is 0.504 e. The molecule has 1 heterocycles. The molecule has 1 aromatic carbocycles. The van der Waals surface area contributed by atoms with Crippen LogP contribution in [0.1, 0.15) is 37.4 Å². The van der Waals surface area contributed by atoms with Crippen LogP contribution in [0.15, 0.2) is 18.2 Å². The molecule has 6 heteroatoms. The molecule has 0 amide bonds. The number of hydrogen-bond acceptors (Lipinski definition) is 6. The molecule has 3 atom stereocenters. The van der Waals surface area contributed by atoms with E-state index in [1.165, 1.54) is 18.4 Å². The van der Waals surface area contributed by atoms with Gasteiger partial charge in [-0.1, -0.05) is 6.92 Å². The van der Waals surface area contributed by atoms with Crippen molar-refractivity contribution in [2.45, 2.75) is 33.3 Å². The van der Waals surface area contributed by atoms with Crippen molar-refractivity contribution in [1.29, 1.82) is 0 Å². The summed E-state index contributed by atoms with van der Waals surface area (Å²) in [6, 6.07) is 5.07. The Morgan fingerprint density at radius 2 is 1.84 bits per heavy atom. The van der Waals surface area contributed by atoms with E-state index >= 15 is 0 Å². The van der Waals surface area contributed by atoms with Gasteiger partial charge in [-0.2, -0.15) is 0 Å². The number of phenolic OH excluding ortho intramolecular Hbond substituents is 1. The molecule has 0 saturated heterocycles. The Morgan fingerprint density at radius 1 is 1.16 bits per heavy atom. The van der Waals surface area contributed by atoms with Crippen LogP contribution in [-0.4, -0.2) is 29.6 Å². The predicted molar refractivity (Wildman–Crippen MR) is 96.4 cm³/mol. The summed E-state index contributed by atoms with van der Waals surface area (Å²) in [4.78, 5) is 25.7. The van der Waals surface area contributed by atoms with Gasteiger partial charge in [0.25, 0.3) is 0 Å². The van der Waals surface area contributed by atoms with Gasteiger partial charge >= 0.3 is 5.97 Å². The molecule has 1 aliphatic carbocycles. The fourth-order valence-electron chi connectivity index (χ4n) is 3.10. The summed E-state index contributed by atoms with van der Waals surface area (Å²) in [5.41, 5.74) is -0.557. The van der Waals surface area contributed by atoms with Crippen LogP contribution in [0.2, 0.25) is 0 Å². The van der Waals surface area contributed by atoms with Crippen LogP contribution in [0.3, 0.4) is 0 Å². The van der Waals surface area contributed by atoms with Gasteiger partial charge in [0.05, 0.1) is 17.9 Å². The van der Waals surface area contributed by atoms with E-state index in [4.69, 9.17) is 9.47 Å². The summed E-state index contributed by atoms with van der Waals surface area (Å²) in [6.45, 7) is 7.36. The fourth-order valence-corrected chi connectivity index (χ4v) is 4.16. The van der Waals surface area contributed by atoms with Gasteiger partial charge in [0, 0.05) is 16.7 Å². The summed E-state index contributed by atoms with van der Waals surface area (Å²) >= 11 is 1.35. The molecule has 1 fully saturated rings. The first-order valence-corrected chi connectivity index (χ1v) is 9.01. The standard InChI is InChI=1S/C19H22O5S/c1-9-15(16(9)18(22)24-19(2,3)4)17(21)14-7-10-6-11(20)12(23-5)8-13(10)25-14/h6-9,15-16,20H,1-5H3/t9-,15+,16-/m0/s1. The van der Waals surface area contributed by atoms with Gasteiger partial charge in [-0.05, 0) is 44.2 Å². The number of carbonyl (C=O) groups is 2. The molecule has 1 saturated carbocycles. The van der Waals surface area contributed by atoms with Crippen LogP contribution >= 0.6 is 11.3 Å². The van der Waals surface area contributed by atoms with Crippen molar-refractivity contribution in [2.24, 2.45) is 17.8 Å². The van der Waals surface area contributed by atoms with Crippen LogP contribution in [0.4, 0.5) is 0 Å². The van der Waals surface area contributed by atoms with Crippen molar-refractivity contribution in [2.75, 3.05) is 7.11 Å². The SMILES string of the molecule is COc1cc2sc(C(=O)[C@@H]3[C@H](C)[C@@H]3C(=O)OC(C)(C)C)cc2cc1O. The molecular formula is C19H22O5S. The molecule has 0 unspecified atom stereocenters. The Kier molecular flexibility index (Phi) is 4.27. The van der Waals surface area contributed by atoms with E-state index in [0.29, 0.717) is 10.6 Å². The fraction of sp³-hybridized carbons (Fsp3) is 0.474. The average Bonchev–Trinajstić information content (AvgIpc) is 2.99. The second-order valence-electron chi connectivity index (χ2n) is 7.48. The number of aromatic hydroxyl groups is 1. The van der Waals surface area contributed by atoms with Gasteiger partial charge in [0.15, 0.2) is 17.3 Å². The molecule has 2 aromatic rings. The van der Waals surface area contributed by atoms with Crippen molar-refractivity contribution >= 4 is 33.2 Å². The number of hydrogen-bond donors (Lipinski definition) is 1. The van der Waals surface area contributed by atoms with Gasteiger partial charge in [-0.3, -0.25) is 9.59 Å². The molecule has 3 rings (SSSR count). The zero-order valence-corrected chi connectivity index (χ0v) is 15.8. The summed E-state index contributed by atoms with van der Waals surface area (Å²) in [5, 5.41) is 10.7. The zero-order chi connectivity index (χ0) is 18.5. The van der Waals surface area contributed by atoms with Gasteiger partial charge in [0.1, 0.15) is 5.60 Å². The second kappa shape index (κ2) is 6.02. The number of ketones is 1. The zero-order valence-electron chi connectivity index (χ0n) is 15.0. The minimum absolute atomic E-state index is 0.0181. The van der Waals surface area contributed by atoms with Crippen molar-refractivity contribution in [3.8, 4) is 11.5 Å². The van der Waals surface area contributed by atoms with E-state index in [9.17, 15) is 14.7 Å². The van der Waals surface area contributed by atoms with Crippen LogP contribution in [0.25, 0.3) is 10.1 Å². The molecule has 1 aliphatic rings. The van der Waals surface area contributed by atoms with Gasteiger partial charge in [-0.25, -0.2) is 0 Å². The Labute approximate surface area is 150 Å². The maximum absolute atomic E-state index is 12.8. The van der Waals surface area contributed by atoms with E-state index in [0.717, 1.165) is 10.1 Å². The number of ether oxygens (including phenoxy) is 2. The number of esters is 1. The minimum Gasteiger partial charge on any atom is -0.504 e. The smallest absolute Gasteiger partial charge is 0.310 e. The maximum atomic E-state index is 12.8. The third-order valence-electron chi connectivity index (χ3n) is 4.42. The lowest BCUT2D eigenvalue weighted by Gasteiger charge is -2.19. The first-order valence-electron chi connectivity index (χ1n) is 8.20. The summed E-state index contributed by atoms with van der Waals surface area (Å²) in [5.74, 6) is -0.659. The highest BCUT2D eigenvalue weighted by molar-refractivity contribution is 7.20. The maximum Gasteiger partial charge on any atom is 0.310 e. The topological polar surface area (TPSA) is 72.8 Å². The molecular weight excluding hydrogens is 340 g/mol. The van der Waals surface area contributed by atoms with E-state index in [-0.39, 0.29) is 35.3 Å². The summed E-state index contributed by atoms with van der Waals surface area (Å²) in [6.07, 6.45) is 0. The Bertz CT molecular complexity index is 845. The minimum atomic E-state index is -0.557. The van der Waals surface area contributed by atoms with Crippen molar-refractivity contribution in [3.63, 3.8) is 0 Å². The van der Waals surface area contributed by atoms with Gasteiger partial charge in [-0.15, -0.1) is 11.3 Å². The molecule has 134 valence electrons. The Morgan fingerprint density at radius 3 is 2.44 bits per heavy atom. The molecule has 5 nitrogen and oxygen atoms in total. The van der Waals surface area contributed by atoms with Crippen LogP contribution < -0.4 is 4.74 Å². The molecule has 0 bridgehead atoms. The number of fused-ring (bicyclic) bond motifs is 1. The number of phenols is 1. The third-order valence-corrected chi connectivity index (χ3v) is 5.53. The molecule has 25 heavy (non-hydrogen) atoms. The lowest BCUT2D eigenvalue weighted by molar-refractivity contribution is -0.157. The number of Topliss-reactive ketones (excluding diaryl/α,β-unsaturated/α-hetero) is 1. The number of carbonyl (C=O) groups excluding carboxylic acids is 2. The van der Waals surface area contributed by atoms with Crippen LogP contribution in [0, 0.1) is 17.8 Å². The number of benzene rings is 1. The summed E-state index contributed by atoms with van der Waals surface area (Å²) < 4.78 is 11.4. The van der Waals surface area contributed by atoms with Gasteiger partial charge < -0.3 is 14.6 Å². The lowest BCUT2D eigenvalue weighted by Crippen LogP contribution is -2.25. The number of rotatable bonds is 4. The lowest BCUT2D eigenvalue weighted by atomic mass is 10.1. The highest BCUT2D eigenvalue weighted by Crippen LogP contribution is 2.50. The molecule has 0 aliphatic heterocycles. The number of methoxy groups -OCH3 is 1. The molecule has 1 N–H and O–H groups in total. The average molecular weight is 362 g/mol. The Hall–Kier alpha value is -2.08. The van der Waals surface area contributed by atoms with Crippen molar-refractivity contribution in [3.05, 3.63) is 23.1 Å².